The van der Waals surface area contributed by atoms with Gasteiger partial charge in [-0.25, -0.2) is 9.59 Å². The van der Waals surface area contributed by atoms with E-state index in [2.05, 4.69) is 5.32 Å². The molecule has 1 N–H and O–H groups in total. The van der Waals surface area contributed by atoms with Crippen molar-refractivity contribution in [3.05, 3.63) is 41.0 Å². The Morgan fingerprint density at radius 1 is 0.929 bits per heavy atom. The standard InChI is InChI=1S/C30H35NO11/c1-14(31-29(34)42-30(2,3)4)27(32)41-25-17-11-20-19(39-13-40-20)10-16(17)23(24-18(25)12-38-28(24)33)15-8-21(35-5)26(37-7)22(9-15)36-6/h8-11,14,18,23-25H,12-13H2,1-7H3,(H,31,34)/t14?,18-,23+,24+,25-/m0/s1. The minimum atomic E-state index is -1.03. The summed E-state index contributed by atoms with van der Waals surface area (Å²) in [6.07, 6.45) is -1.63. The highest BCUT2D eigenvalue weighted by atomic mass is 16.7. The molecule has 5 atom stereocenters. The number of carbonyl (C=O) groups is 3. The van der Waals surface area contributed by atoms with Gasteiger partial charge in [-0.1, -0.05) is 0 Å². The maximum Gasteiger partial charge on any atom is 0.408 e. The highest BCUT2D eigenvalue weighted by molar-refractivity contribution is 5.82. The van der Waals surface area contributed by atoms with E-state index in [1.807, 2.05) is 0 Å². The van der Waals surface area contributed by atoms with Crippen LogP contribution in [0.25, 0.3) is 0 Å². The Morgan fingerprint density at radius 2 is 1.55 bits per heavy atom. The molecule has 5 rings (SSSR count). The van der Waals surface area contributed by atoms with Crippen LogP contribution in [0, 0.1) is 11.8 Å². The van der Waals surface area contributed by atoms with Crippen LogP contribution in [0.3, 0.4) is 0 Å². The zero-order valence-corrected chi connectivity index (χ0v) is 24.6. The first-order valence-corrected chi connectivity index (χ1v) is 13.6. The van der Waals surface area contributed by atoms with E-state index in [1.54, 1.807) is 45.0 Å². The van der Waals surface area contributed by atoms with Crippen molar-refractivity contribution >= 4 is 18.0 Å². The van der Waals surface area contributed by atoms with Crippen molar-refractivity contribution in [3.63, 3.8) is 0 Å². The van der Waals surface area contributed by atoms with Crippen LogP contribution in [0.4, 0.5) is 4.79 Å². The third-order valence-electron chi connectivity index (χ3n) is 7.50. The lowest BCUT2D eigenvalue weighted by atomic mass is 9.66. The molecule has 0 saturated carbocycles. The number of carbonyl (C=O) groups excluding carboxylic acids is 3. The molecular weight excluding hydrogens is 550 g/mol. The summed E-state index contributed by atoms with van der Waals surface area (Å²) in [6, 6.07) is 6.13. The first kappa shape index (κ1) is 29.2. The monoisotopic (exact) mass is 585 g/mol. The van der Waals surface area contributed by atoms with Gasteiger partial charge in [0.25, 0.3) is 0 Å². The van der Waals surface area contributed by atoms with E-state index < -0.39 is 53.5 Å². The summed E-state index contributed by atoms with van der Waals surface area (Å²) in [5.74, 6) is -0.658. The van der Waals surface area contributed by atoms with Gasteiger partial charge in [0.1, 0.15) is 17.7 Å². The highest BCUT2D eigenvalue weighted by Gasteiger charge is 2.54. The fraction of sp³-hybridized carbons (Fsp3) is 0.500. The van der Waals surface area contributed by atoms with Crippen molar-refractivity contribution in [1.29, 1.82) is 0 Å². The summed E-state index contributed by atoms with van der Waals surface area (Å²) in [5.41, 5.74) is 1.30. The van der Waals surface area contributed by atoms with Gasteiger partial charge in [0.2, 0.25) is 12.5 Å². The Labute approximate surface area is 243 Å². The van der Waals surface area contributed by atoms with E-state index in [-0.39, 0.29) is 13.4 Å². The summed E-state index contributed by atoms with van der Waals surface area (Å²) >= 11 is 0. The van der Waals surface area contributed by atoms with Crippen LogP contribution >= 0.6 is 0 Å². The van der Waals surface area contributed by atoms with Crippen LogP contribution in [0.15, 0.2) is 24.3 Å². The lowest BCUT2D eigenvalue weighted by Gasteiger charge is -2.39. The molecule has 1 saturated heterocycles. The van der Waals surface area contributed by atoms with Crippen LogP contribution in [0.1, 0.15) is 56.4 Å². The lowest BCUT2D eigenvalue weighted by Crippen LogP contribution is -2.44. The molecule has 1 amide bonds. The molecule has 2 aromatic rings. The molecule has 1 aliphatic carbocycles. The molecule has 2 heterocycles. The Morgan fingerprint density at radius 3 is 2.12 bits per heavy atom. The number of alkyl carbamates (subject to hydrolysis) is 1. The number of benzene rings is 2. The fourth-order valence-electron chi connectivity index (χ4n) is 5.71. The van der Waals surface area contributed by atoms with Crippen molar-refractivity contribution in [1.82, 2.24) is 5.32 Å². The smallest absolute Gasteiger partial charge is 0.408 e. The number of ether oxygens (including phenoxy) is 8. The van der Waals surface area contributed by atoms with Crippen molar-refractivity contribution in [3.8, 4) is 28.7 Å². The summed E-state index contributed by atoms with van der Waals surface area (Å²) < 4.78 is 44.9. The summed E-state index contributed by atoms with van der Waals surface area (Å²) in [4.78, 5) is 38.9. The van der Waals surface area contributed by atoms with Gasteiger partial charge in [-0.05, 0) is 63.1 Å². The van der Waals surface area contributed by atoms with E-state index in [9.17, 15) is 14.4 Å². The number of fused-ring (bicyclic) bond motifs is 3. The number of methoxy groups -OCH3 is 3. The maximum atomic E-state index is 13.3. The molecule has 2 aliphatic heterocycles. The SMILES string of the molecule is COc1cc([C@@H]2c3cc4c(cc3[C@H](OC(=O)C(C)NC(=O)OC(C)(C)C)[C@H]3COC(=O)[C@@H]23)OCO4)cc(OC)c1OC. The molecular formula is C30H35NO11. The third kappa shape index (κ3) is 5.33. The van der Waals surface area contributed by atoms with Gasteiger partial charge in [0.05, 0.1) is 33.9 Å². The molecule has 12 heteroatoms. The van der Waals surface area contributed by atoms with Gasteiger partial charge < -0.3 is 43.2 Å². The molecule has 0 aromatic heterocycles. The molecule has 0 bridgehead atoms. The largest absolute Gasteiger partial charge is 0.493 e. The molecule has 1 unspecified atom stereocenters. The van der Waals surface area contributed by atoms with Crippen molar-refractivity contribution in [2.24, 2.45) is 11.8 Å². The number of amides is 1. The molecule has 1 fully saturated rings. The number of hydrogen-bond donors (Lipinski definition) is 1. The number of rotatable bonds is 7. The fourth-order valence-corrected chi connectivity index (χ4v) is 5.71. The van der Waals surface area contributed by atoms with Gasteiger partial charge in [-0.15, -0.1) is 0 Å². The van der Waals surface area contributed by atoms with Crippen LogP contribution in [0.2, 0.25) is 0 Å². The average molecular weight is 586 g/mol. The van der Waals surface area contributed by atoms with Crippen molar-refractivity contribution in [2.75, 3.05) is 34.7 Å². The third-order valence-corrected chi connectivity index (χ3v) is 7.50. The Bertz CT molecular complexity index is 1370. The highest BCUT2D eigenvalue weighted by Crippen LogP contribution is 2.56. The van der Waals surface area contributed by atoms with Gasteiger partial charge >= 0.3 is 18.0 Å². The molecule has 42 heavy (non-hydrogen) atoms. The van der Waals surface area contributed by atoms with E-state index in [1.165, 1.54) is 28.3 Å². The average Bonchev–Trinajstić information content (AvgIpc) is 3.56. The normalized spacial score (nSPS) is 22.7. The second-order valence-corrected chi connectivity index (χ2v) is 11.3. The Hall–Kier alpha value is -4.35. The van der Waals surface area contributed by atoms with E-state index in [0.29, 0.717) is 45.4 Å². The lowest BCUT2D eigenvalue weighted by molar-refractivity contribution is -0.156. The molecule has 226 valence electrons. The van der Waals surface area contributed by atoms with E-state index in [0.717, 1.165) is 0 Å². The number of esters is 2. The summed E-state index contributed by atoms with van der Waals surface area (Å²) in [7, 11) is 4.55. The second-order valence-electron chi connectivity index (χ2n) is 11.3. The maximum absolute atomic E-state index is 13.3. The molecule has 2 aromatic carbocycles. The van der Waals surface area contributed by atoms with Crippen molar-refractivity contribution < 1.29 is 52.3 Å². The van der Waals surface area contributed by atoms with Crippen LogP contribution in [-0.4, -0.2) is 64.4 Å². The summed E-state index contributed by atoms with van der Waals surface area (Å²) in [6.45, 7) is 6.73. The zero-order chi connectivity index (χ0) is 30.3. The quantitative estimate of drug-likeness (QED) is 0.374. The van der Waals surface area contributed by atoms with Gasteiger partial charge in [-0.3, -0.25) is 4.79 Å². The van der Waals surface area contributed by atoms with Crippen LogP contribution < -0.4 is 29.0 Å². The topological polar surface area (TPSA) is 137 Å². The first-order valence-electron chi connectivity index (χ1n) is 13.6. The van der Waals surface area contributed by atoms with Crippen LogP contribution in [-0.2, 0) is 23.8 Å². The molecule has 12 nitrogen and oxygen atoms in total. The zero-order valence-electron chi connectivity index (χ0n) is 24.6. The number of hydrogen-bond acceptors (Lipinski definition) is 11. The number of cyclic esters (lactones) is 1. The predicted octanol–water partition coefficient (Wildman–Crippen LogP) is 3.87. The summed E-state index contributed by atoms with van der Waals surface area (Å²) in [5, 5.41) is 2.51. The first-order chi connectivity index (χ1) is 19.9. The molecule has 3 aliphatic rings. The minimum Gasteiger partial charge on any atom is -0.493 e. The van der Waals surface area contributed by atoms with Gasteiger partial charge in [0.15, 0.2) is 23.0 Å². The van der Waals surface area contributed by atoms with Gasteiger partial charge in [-0.2, -0.15) is 0 Å². The number of nitrogens with one attached hydrogen (secondary N) is 1. The van der Waals surface area contributed by atoms with Crippen LogP contribution in [0.5, 0.6) is 28.7 Å². The Balaban J connectivity index is 1.57. The van der Waals surface area contributed by atoms with Gasteiger partial charge in [0, 0.05) is 17.4 Å². The second kappa shape index (κ2) is 11.1. The van der Waals surface area contributed by atoms with Crippen molar-refractivity contribution in [2.45, 2.75) is 51.4 Å². The molecule has 0 spiro atoms. The Kier molecular flexibility index (Phi) is 7.74. The van der Waals surface area contributed by atoms with E-state index in [4.69, 9.17) is 37.9 Å². The predicted molar refractivity (Wildman–Crippen MR) is 146 cm³/mol. The van der Waals surface area contributed by atoms with E-state index >= 15 is 0 Å². The molecule has 0 radical (unpaired) electrons. The minimum absolute atomic E-state index is 0.0310.